The molecule has 0 bridgehead atoms. The van der Waals surface area contributed by atoms with Crippen LogP contribution in [0.1, 0.15) is 18.1 Å². The zero-order valence-corrected chi connectivity index (χ0v) is 14.8. The fraction of sp³-hybridized carbons (Fsp3) is 0.238. The first-order chi connectivity index (χ1) is 12.5. The van der Waals surface area contributed by atoms with Gasteiger partial charge in [0.25, 0.3) is 0 Å². The maximum Gasteiger partial charge on any atom is 0.408 e. The van der Waals surface area contributed by atoms with Gasteiger partial charge < -0.3 is 14.8 Å². The summed E-state index contributed by atoms with van der Waals surface area (Å²) < 4.78 is 10.4. The molecule has 1 atom stereocenters. The first kappa shape index (κ1) is 19.2. The fourth-order valence-electron chi connectivity index (χ4n) is 2.25. The number of amides is 1. The number of nitrogens with one attached hydrogen (secondary N) is 1. The summed E-state index contributed by atoms with van der Waals surface area (Å²) in [6.07, 6.45) is -0.349. The van der Waals surface area contributed by atoms with Gasteiger partial charge in [-0.1, -0.05) is 67.2 Å². The number of rotatable bonds is 8. The van der Waals surface area contributed by atoms with Gasteiger partial charge in [-0.2, -0.15) is 0 Å². The molecule has 0 heterocycles. The van der Waals surface area contributed by atoms with Crippen LogP contribution in [-0.4, -0.2) is 24.7 Å². The predicted molar refractivity (Wildman–Crippen MR) is 99.5 cm³/mol. The minimum atomic E-state index is -0.833. The molecule has 0 aliphatic carbocycles. The summed E-state index contributed by atoms with van der Waals surface area (Å²) >= 11 is 0. The van der Waals surface area contributed by atoms with Crippen molar-refractivity contribution in [1.82, 2.24) is 5.32 Å². The van der Waals surface area contributed by atoms with Crippen LogP contribution in [0.3, 0.4) is 0 Å². The lowest BCUT2D eigenvalue weighted by molar-refractivity contribution is -0.145. The molecular formula is C21H23NO4. The maximum absolute atomic E-state index is 12.3. The number of hydrogen-bond acceptors (Lipinski definition) is 4. The largest absolute Gasteiger partial charge is 0.460 e. The fourth-order valence-corrected chi connectivity index (χ4v) is 2.25. The Bertz CT molecular complexity index is 728. The van der Waals surface area contributed by atoms with E-state index >= 15 is 0 Å². The normalized spacial score (nSPS) is 11.3. The standard InChI is InChI=1S/C21H23NO4/c1-16(2)14-25-20(23)19(13-17-9-5-3-6-10-17)22-21(24)26-15-18-11-7-4-8-12-18/h3-12,19H,1,13-15H2,2H3,(H,22,24). The van der Waals surface area contributed by atoms with Crippen molar-refractivity contribution in [2.45, 2.75) is 26.0 Å². The van der Waals surface area contributed by atoms with E-state index in [1.165, 1.54) is 0 Å². The van der Waals surface area contributed by atoms with Gasteiger partial charge in [-0.3, -0.25) is 0 Å². The van der Waals surface area contributed by atoms with Crippen molar-refractivity contribution in [3.05, 3.63) is 83.9 Å². The van der Waals surface area contributed by atoms with Gasteiger partial charge in [-0.05, 0) is 23.6 Å². The van der Waals surface area contributed by atoms with Gasteiger partial charge in [0.05, 0.1) is 0 Å². The van der Waals surface area contributed by atoms with E-state index in [-0.39, 0.29) is 13.2 Å². The molecule has 1 N–H and O–H groups in total. The van der Waals surface area contributed by atoms with E-state index in [0.29, 0.717) is 6.42 Å². The number of alkyl carbamates (subject to hydrolysis) is 1. The van der Waals surface area contributed by atoms with Crippen molar-refractivity contribution in [3.8, 4) is 0 Å². The monoisotopic (exact) mass is 353 g/mol. The Balaban J connectivity index is 1.96. The Morgan fingerprint density at radius 1 is 0.962 bits per heavy atom. The second-order valence-electron chi connectivity index (χ2n) is 6.01. The highest BCUT2D eigenvalue weighted by atomic mass is 16.6. The quantitative estimate of drug-likeness (QED) is 0.581. The number of benzene rings is 2. The highest BCUT2D eigenvalue weighted by Gasteiger charge is 2.23. The van der Waals surface area contributed by atoms with E-state index in [1.807, 2.05) is 60.7 Å². The summed E-state index contributed by atoms with van der Waals surface area (Å²) in [4.78, 5) is 24.4. The Morgan fingerprint density at radius 3 is 2.12 bits per heavy atom. The third-order valence-corrected chi connectivity index (χ3v) is 3.53. The molecule has 0 radical (unpaired) electrons. The van der Waals surface area contributed by atoms with Crippen LogP contribution in [0.5, 0.6) is 0 Å². The van der Waals surface area contributed by atoms with Gasteiger partial charge in [0.1, 0.15) is 19.3 Å². The van der Waals surface area contributed by atoms with Crippen LogP contribution in [0.2, 0.25) is 0 Å². The predicted octanol–water partition coefficient (Wildman–Crippen LogP) is 3.64. The molecule has 136 valence electrons. The molecule has 2 rings (SSSR count). The molecule has 0 aliphatic rings. The summed E-state index contributed by atoms with van der Waals surface area (Å²) in [6, 6.07) is 17.9. The van der Waals surface area contributed by atoms with Crippen LogP contribution in [0.15, 0.2) is 72.8 Å². The molecule has 2 aromatic carbocycles. The van der Waals surface area contributed by atoms with Crippen molar-refractivity contribution in [1.29, 1.82) is 0 Å². The van der Waals surface area contributed by atoms with Gasteiger partial charge in [0.15, 0.2) is 0 Å². The Hall–Kier alpha value is -3.08. The van der Waals surface area contributed by atoms with Gasteiger partial charge in [0, 0.05) is 6.42 Å². The summed E-state index contributed by atoms with van der Waals surface area (Å²) in [5, 5.41) is 2.59. The maximum atomic E-state index is 12.3. The summed E-state index contributed by atoms with van der Waals surface area (Å²) in [7, 11) is 0. The number of carbonyl (C=O) groups is 2. The van der Waals surface area contributed by atoms with Crippen LogP contribution in [0.25, 0.3) is 0 Å². The topological polar surface area (TPSA) is 64.6 Å². The molecule has 0 saturated heterocycles. The minimum absolute atomic E-state index is 0.116. The van der Waals surface area contributed by atoms with Crippen molar-refractivity contribution in [3.63, 3.8) is 0 Å². The summed E-state index contributed by atoms with van der Waals surface area (Å²) in [5.74, 6) is -0.520. The first-order valence-corrected chi connectivity index (χ1v) is 8.37. The number of carbonyl (C=O) groups excluding carboxylic acids is 2. The molecule has 0 fully saturated rings. The number of esters is 1. The lowest BCUT2D eigenvalue weighted by Gasteiger charge is -2.18. The lowest BCUT2D eigenvalue weighted by atomic mass is 10.1. The van der Waals surface area contributed by atoms with E-state index in [9.17, 15) is 9.59 Å². The van der Waals surface area contributed by atoms with Gasteiger partial charge in [-0.15, -0.1) is 0 Å². The lowest BCUT2D eigenvalue weighted by Crippen LogP contribution is -2.43. The molecule has 5 nitrogen and oxygen atoms in total. The summed E-state index contributed by atoms with van der Waals surface area (Å²) in [5.41, 5.74) is 2.50. The van der Waals surface area contributed by atoms with Crippen molar-refractivity contribution in [2.75, 3.05) is 6.61 Å². The van der Waals surface area contributed by atoms with Crippen molar-refractivity contribution < 1.29 is 19.1 Å². The molecule has 1 amide bonds. The van der Waals surface area contributed by atoms with Crippen LogP contribution >= 0.6 is 0 Å². The van der Waals surface area contributed by atoms with E-state index in [4.69, 9.17) is 9.47 Å². The van der Waals surface area contributed by atoms with Crippen LogP contribution in [0.4, 0.5) is 4.79 Å². The van der Waals surface area contributed by atoms with Gasteiger partial charge in [0.2, 0.25) is 0 Å². The Kier molecular flexibility index (Phi) is 7.43. The van der Waals surface area contributed by atoms with Crippen molar-refractivity contribution in [2.24, 2.45) is 0 Å². The zero-order valence-electron chi connectivity index (χ0n) is 14.8. The van der Waals surface area contributed by atoms with E-state index in [1.54, 1.807) is 6.92 Å². The average Bonchev–Trinajstić information content (AvgIpc) is 2.65. The van der Waals surface area contributed by atoms with Gasteiger partial charge in [-0.25, -0.2) is 9.59 Å². The van der Waals surface area contributed by atoms with E-state index in [0.717, 1.165) is 16.7 Å². The summed E-state index contributed by atoms with van der Waals surface area (Å²) in [6.45, 7) is 5.72. The molecule has 0 aromatic heterocycles. The van der Waals surface area contributed by atoms with Crippen LogP contribution < -0.4 is 5.32 Å². The molecule has 26 heavy (non-hydrogen) atoms. The number of hydrogen-bond donors (Lipinski definition) is 1. The molecular weight excluding hydrogens is 330 g/mol. The molecule has 5 heteroatoms. The minimum Gasteiger partial charge on any atom is -0.460 e. The molecule has 2 aromatic rings. The highest BCUT2D eigenvalue weighted by molar-refractivity contribution is 5.81. The second kappa shape index (κ2) is 10.0. The van der Waals surface area contributed by atoms with E-state index < -0.39 is 18.1 Å². The van der Waals surface area contributed by atoms with E-state index in [2.05, 4.69) is 11.9 Å². The van der Waals surface area contributed by atoms with Crippen LogP contribution in [-0.2, 0) is 27.3 Å². The molecule has 0 saturated carbocycles. The first-order valence-electron chi connectivity index (χ1n) is 8.37. The highest BCUT2D eigenvalue weighted by Crippen LogP contribution is 2.07. The third kappa shape index (κ3) is 6.81. The molecule has 0 aliphatic heterocycles. The molecule has 0 spiro atoms. The third-order valence-electron chi connectivity index (χ3n) is 3.53. The zero-order chi connectivity index (χ0) is 18.8. The van der Waals surface area contributed by atoms with Crippen LogP contribution in [0, 0.1) is 0 Å². The second-order valence-corrected chi connectivity index (χ2v) is 6.01. The Labute approximate surface area is 153 Å². The molecule has 1 unspecified atom stereocenters. The smallest absolute Gasteiger partial charge is 0.408 e. The number of ether oxygens (including phenoxy) is 2. The van der Waals surface area contributed by atoms with Crippen molar-refractivity contribution >= 4 is 12.1 Å². The Morgan fingerprint density at radius 2 is 1.54 bits per heavy atom. The average molecular weight is 353 g/mol. The SMILES string of the molecule is C=C(C)COC(=O)C(Cc1ccccc1)NC(=O)OCc1ccccc1. The van der Waals surface area contributed by atoms with Gasteiger partial charge >= 0.3 is 12.1 Å².